The van der Waals surface area contributed by atoms with Gasteiger partial charge in [-0.05, 0) is 29.3 Å². The van der Waals surface area contributed by atoms with Gasteiger partial charge in [0.05, 0.1) is 18.3 Å². The number of benzene rings is 3. The predicted molar refractivity (Wildman–Crippen MR) is 143 cm³/mol. The first-order valence-corrected chi connectivity index (χ1v) is 13.0. The Hall–Kier alpha value is -3.39. The lowest BCUT2D eigenvalue weighted by Crippen LogP contribution is -2.49. The molecule has 3 aromatic rings. The summed E-state index contributed by atoms with van der Waals surface area (Å²) >= 11 is 6.50. The summed E-state index contributed by atoms with van der Waals surface area (Å²) in [6.45, 7) is 5.05. The average Bonchev–Trinajstić information content (AvgIpc) is 3.58. The summed E-state index contributed by atoms with van der Waals surface area (Å²) in [7, 11) is 0. The second-order valence-corrected chi connectivity index (χ2v) is 10.0. The highest BCUT2D eigenvalue weighted by Gasteiger charge is 2.35. The van der Waals surface area contributed by atoms with E-state index in [4.69, 9.17) is 26.2 Å². The molecule has 190 valence electrons. The summed E-state index contributed by atoms with van der Waals surface area (Å²) in [5, 5.41) is 7.09. The zero-order valence-electron chi connectivity index (χ0n) is 20.6. The number of hydrogen-bond donors (Lipinski definition) is 0. The maximum atomic E-state index is 13.6. The van der Waals surface area contributed by atoms with Crippen molar-refractivity contribution in [1.82, 2.24) is 14.8 Å². The van der Waals surface area contributed by atoms with E-state index >= 15 is 0 Å². The first-order valence-electron chi connectivity index (χ1n) is 12.7. The van der Waals surface area contributed by atoms with Gasteiger partial charge in [-0.3, -0.25) is 14.6 Å². The Morgan fingerprint density at radius 3 is 2.43 bits per heavy atom. The smallest absolute Gasteiger partial charge is 0.257 e. The minimum atomic E-state index is -0.229. The highest BCUT2D eigenvalue weighted by atomic mass is 35.5. The molecule has 3 aliphatic heterocycles. The number of amides is 1. The van der Waals surface area contributed by atoms with Crippen molar-refractivity contribution in [3.05, 3.63) is 94.5 Å². The van der Waals surface area contributed by atoms with Crippen LogP contribution in [0.15, 0.2) is 77.9 Å². The number of carbonyl (C=O) groups is 1. The monoisotopic (exact) mass is 516 g/mol. The lowest BCUT2D eigenvalue weighted by atomic mass is 9.98. The lowest BCUT2D eigenvalue weighted by molar-refractivity contribution is -0.134. The minimum Gasteiger partial charge on any atom is -0.454 e. The number of piperazine rings is 1. The van der Waals surface area contributed by atoms with Crippen LogP contribution in [0.5, 0.6) is 11.5 Å². The van der Waals surface area contributed by atoms with Crippen molar-refractivity contribution in [2.45, 2.75) is 19.0 Å². The van der Waals surface area contributed by atoms with Crippen LogP contribution in [0.3, 0.4) is 0 Å². The number of rotatable bonds is 6. The topological polar surface area (TPSA) is 57.6 Å². The van der Waals surface area contributed by atoms with Crippen molar-refractivity contribution >= 4 is 23.2 Å². The molecule has 0 bridgehead atoms. The van der Waals surface area contributed by atoms with E-state index in [1.54, 1.807) is 5.01 Å². The van der Waals surface area contributed by atoms with E-state index in [1.165, 1.54) is 5.56 Å². The fourth-order valence-electron chi connectivity index (χ4n) is 5.19. The molecule has 0 aromatic heterocycles. The molecule has 1 saturated heterocycles. The summed E-state index contributed by atoms with van der Waals surface area (Å²) in [5.74, 6) is 1.41. The summed E-state index contributed by atoms with van der Waals surface area (Å²) in [4.78, 5) is 18.3. The molecule has 1 amide bonds. The maximum Gasteiger partial charge on any atom is 0.257 e. The van der Waals surface area contributed by atoms with Crippen molar-refractivity contribution in [2.24, 2.45) is 5.10 Å². The van der Waals surface area contributed by atoms with Gasteiger partial charge in [-0.15, -0.1) is 0 Å². The van der Waals surface area contributed by atoms with Gasteiger partial charge < -0.3 is 9.47 Å². The molecule has 1 fully saturated rings. The lowest BCUT2D eigenvalue weighted by Gasteiger charge is -2.35. The molecule has 6 rings (SSSR count). The van der Waals surface area contributed by atoms with Crippen LogP contribution in [0.25, 0.3) is 0 Å². The van der Waals surface area contributed by atoms with Gasteiger partial charge >= 0.3 is 0 Å². The number of carbonyl (C=O) groups excluding carboxylic acids is 1. The van der Waals surface area contributed by atoms with E-state index in [0.717, 1.165) is 55.3 Å². The highest BCUT2D eigenvalue weighted by molar-refractivity contribution is 6.34. The fraction of sp³-hybridized carbons (Fsp3) is 0.310. The molecule has 0 saturated carbocycles. The van der Waals surface area contributed by atoms with E-state index in [-0.39, 0.29) is 18.7 Å². The van der Waals surface area contributed by atoms with E-state index in [1.807, 2.05) is 48.5 Å². The zero-order valence-corrected chi connectivity index (χ0v) is 21.3. The zero-order chi connectivity index (χ0) is 25.2. The maximum absolute atomic E-state index is 13.6. The number of hydrogen-bond acceptors (Lipinski definition) is 6. The van der Waals surface area contributed by atoms with Crippen molar-refractivity contribution in [2.75, 3.05) is 39.5 Å². The van der Waals surface area contributed by atoms with Gasteiger partial charge in [0.25, 0.3) is 5.91 Å². The molecule has 1 unspecified atom stereocenters. The van der Waals surface area contributed by atoms with Crippen LogP contribution in [0.1, 0.15) is 29.2 Å². The Labute approximate surface area is 221 Å². The number of nitrogens with zero attached hydrogens (tertiary/aromatic N) is 4. The highest BCUT2D eigenvalue weighted by Crippen LogP contribution is 2.39. The van der Waals surface area contributed by atoms with Gasteiger partial charge in [0, 0.05) is 49.7 Å². The minimum absolute atomic E-state index is 0.0128. The molecule has 3 aromatic carbocycles. The van der Waals surface area contributed by atoms with Gasteiger partial charge in [0.15, 0.2) is 11.5 Å². The number of halogens is 1. The number of hydrazone groups is 1. The molecular formula is C29H29ClN4O3. The van der Waals surface area contributed by atoms with Crippen molar-refractivity contribution in [1.29, 1.82) is 0 Å². The van der Waals surface area contributed by atoms with Crippen molar-refractivity contribution in [3.8, 4) is 11.5 Å². The Balaban J connectivity index is 1.17. The summed E-state index contributed by atoms with van der Waals surface area (Å²) in [5.41, 5.74) is 3.96. The predicted octanol–water partition coefficient (Wildman–Crippen LogP) is 4.56. The third-order valence-electron chi connectivity index (χ3n) is 7.20. The second-order valence-electron chi connectivity index (χ2n) is 9.64. The van der Waals surface area contributed by atoms with Crippen LogP contribution in [-0.4, -0.2) is 65.9 Å². The van der Waals surface area contributed by atoms with Gasteiger partial charge in [-0.25, -0.2) is 5.01 Å². The molecule has 0 aliphatic carbocycles. The first kappa shape index (κ1) is 24.0. The molecule has 0 N–H and O–H groups in total. The van der Waals surface area contributed by atoms with Crippen LogP contribution >= 0.6 is 11.6 Å². The molecule has 37 heavy (non-hydrogen) atoms. The Morgan fingerprint density at radius 1 is 0.892 bits per heavy atom. The van der Waals surface area contributed by atoms with E-state index in [9.17, 15) is 4.79 Å². The van der Waals surface area contributed by atoms with Crippen LogP contribution in [0.4, 0.5) is 0 Å². The second kappa shape index (κ2) is 10.5. The van der Waals surface area contributed by atoms with Crippen LogP contribution in [0.2, 0.25) is 5.02 Å². The quantitative estimate of drug-likeness (QED) is 0.480. The van der Waals surface area contributed by atoms with Gasteiger partial charge in [0.1, 0.15) is 0 Å². The molecule has 8 heteroatoms. The fourth-order valence-corrected chi connectivity index (χ4v) is 5.43. The van der Waals surface area contributed by atoms with Crippen LogP contribution in [0, 0.1) is 0 Å². The molecule has 0 radical (unpaired) electrons. The average molecular weight is 517 g/mol. The van der Waals surface area contributed by atoms with Crippen molar-refractivity contribution in [3.63, 3.8) is 0 Å². The van der Waals surface area contributed by atoms with Gasteiger partial charge in [0.2, 0.25) is 6.79 Å². The normalized spacial score (nSPS) is 19.8. The number of fused-ring (bicyclic) bond motifs is 1. The van der Waals surface area contributed by atoms with E-state index in [2.05, 4.69) is 34.1 Å². The Kier molecular flexibility index (Phi) is 6.83. The molecule has 7 nitrogen and oxygen atoms in total. The number of ether oxygens (including phenoxy) is 2. The van der Waals surface area contributed by atoms with E-state index in [0.29, 0.717) is 23.7 Å². The third kappa shape index (κ3) is 5.21. The first-order chi connectivity index (χ1) is 18.1. The van der Waals surface area contributed by atoms with Gasteiger partial charge in [-0.1, -0.05) is 66.2 Å². The standard InChI is InChI=1S/C29H29ClN4O3/c30-24-9-5-4-8-23(24)25-17-26(22-10-11-27-28(16-22)37-20-36-27)34(31-25)29(35)19-33-14-12-32(13-15-33)18-21-6-2-1-3-7-21/h1-11,16,26H,12-15,17-20H2. The molecule has 3 aliphatic rings. The van der Waals surface area contributed by atoms with E-state index < -0.39 is 0 Å². The van der Waals surface area contributed by atoms with Gasteiger partial charge in [-0.2, -0.15) is 5.10 Å². The van der Waals surface area contributed by atoms with Crippen molar-refractivity contribution < 1.29 is 14.3 Å². The molecular weight excluding hydrogens is 488 g/mol. The Bertz CT molecular complexity index is 1310. The molecule has 1 atom stereocenters. The summed E-state index contributed by atoms with van der Waals surface area (Å²) in [6.07, 6.45) is 0.583. The summed E-state index contributed by atoms with van der Waals surface area (Å²) < 4.78 is 11.1. The van der Waals surface area contributed by atoms with Crippen LogP contribution < -0.4 is 9.47 Å². The molecule has 3 heterocycles. The SMILES string of the molecule is O=C(CN1CCN(Cc2ccccc2)CC1)N1N=C(c2ccccc2Cl)CC1c1ccc2c(c1)OCO2. The third-order valence-corrected chi connectivity index (χ3v) is 7.53. The van der Waals surface area contributed by atoms with Crippen LogP contribution in [-0.2, 0) is 11.3 Å². The molecule has 0 spiro atoms. The Morgan fingerprint density at radius 2 is 1.62 bits per heavy atom. The summed E-state index contributed by atoms with van der Waals surface area (Å²) in [6, 6.07) is 23.8. The largest absolute Gasteiger partial charge is 0.454 e.